The molecule has 1 N–H and O–H groups in total. The predicted molar refractivity (Wildman–Crippen MR) is 193 cm³/mol. The van der Waals surface area contributed by atoms with Crippen LogP contribution in [-0.2, 0) is 30.3 Å². The van der Waals surface area contributed by atoms with Crippen LogP contribution in [0.15, 0.2) is 46.0 Å². The Morgan fingerprint density at radius 1 is 1.02 bits per heavy atom. The summed E-state index contributed by atoms with van der Waals surface area (Å²) in [4.78, 5) is 54.9. The van der Waals surface area contributed by atoms with E-state index in [2.05, 4.69) is 23.7 Å². The van der Waals surface area contributed by atoms with Crippen LogP contribution in [0.2, 0.25) is 10.0 Å². The van der Waals surface area contributed by atoms with Crippen molar-refractivity contribution in [2.24, 2.45) is 28.7 Å². The summed E-state index contributed by atoms with van der Waals surface area (Å²) in [6.07, 6.45) is 6.53. The van der Waals surface area contributed by atoms with Gasteiger partial charge in [0.2, 0.25) is 5.91 Å². The first-order valence-electron chi connectivity index (χ1n) is 17.5. The lowest BCUT2D eigenvalue weighted by molar-refractivity contribution is -0.143. The molecule has 3 fully saturated rings. The number of rotatable bonds is 10. The summed E-state index contributed by atoms with van der Waals surface area (Å²) >= 11 is 15.0. The van der Waals surface area contributed by atoms with Crippen molar-refractivity contribution in [2.75, 3.05) is 40.4 Å². The van der Waals surface area contributed by atoms with E-state index >= 15 is 0 Å². The molecule has 6 rings (SSSR count). The van der Waals surface area contributed by atoms with Crippen molar-refractivity contribution < 1.29 is 29.0 Å². The third-order valence-electron chi connectivity index (χ3n) is 11.6. The summed E-state index contributed by atoms with van der Waals surface area (Å²) in [7, 11) is 2.54. The van der Waals surface area contributed by atoms with Crippen molar-refractivity contribution in [1.82, 2.24) is 14.8 Å². The minimum Gasteiger partial charge on any atom is -0.468 e. The summed E-state index contributed by atoms with van der Waals surface area (Å²) in [5.41, 5.74) is 0.562. The SMILES string of the molecule is COC(=O)C1=C(CC(=O)N2CCN(C3CC4CCC(C3)C4(O)C(C)C)CC2)N=C(CCc2nccs2)C(C(=O)OC)C1c1c(Cl)cccc1Cl. The second-order valence-electron chi connectivity index (χ2n) is 14.2. The molecule has 4 unspecified atom stereocenters. The van der Waals surface area contributed by atoms with Crippen LogP contribution in [0.3, 0.4) is 0 Å². The van der Waals surface area contributed by atoms with Crippen molar-refractivity contribution in [2.45, 2.75) is 76.4 Å². The fourth-order valence-corrected chi connectivity index (χ4v) is 10.3. The molecule has 2 aromatic rings. The van der Waals surface area contributed by atoms with Gasteiger partial charge in [-0.2, -0.15) is 0 Å². The van der Waals surface area contributed by atoms with Gasteiger partial charge in [-0.05, 0) is 67.6 Å². The molecule has 2 aliphatic carbocycles. The lowest BCUT2D eigenvalue weighted by Gasteiger charge is -2.49. The van der Waals surface area contributed by atoms with Crippen LogP contribution < -0.4 is 0 Å². The van der Waals surface area contributed by atoms with Crippen LogP contribution in [0, 0.1) is 23.7 Å². The standard InChI is InChI=1S/C37H46Cl2N4O6S/c1-21(2)37(47)22-8-9-23(37)19-24(18-22)42-13-15-43(16-14-42)30(44)20-28-33(36(46)49-4)34(31-25(38)6-5-7-26(31)39)32(35(45)48-3)27(41-28)10-11-29-40-12-17-50-29/h5-7,12,17,21-24,32,34,47H,8-11,13-16,18-20H2,1-4H3. The number of carbonyl (C=O) groups excluding carboxylic acids is 3. The lowest BCUT2D eigenvalue weighted by atomic mass is 9.67. The Kier molecular flexibility index (Phi) is 11.4. The van der Waals surface area contributed by atoms with Gasteiger partial charge in [-0.25, -0.2) is 9.78 Å². The zero-order valence-corrected chi connectivity index (χ0v) is 31.4. The smallest absolute Gasteiger partial charge is 0.336 e. The van der Waals surface area contributed by atoms with E-state index in [1.807, 2.05) is 10.3 Å². The summed E-state index contributed by atoms with van der Waals surface area (Å²) < 4.78 is 10.5. The zero-order chi connectivity index (χ0) is 35.7. The molecule has 2 bridgehead atoms. The Hall–Kier alpha value is -2.83. The lowest BCUT2D eigenvalue weighted by Crippen LogP contribution is -2.57. The van der Waals surface area contributed by atoms with Gasteiger partial charge < -0.3 is 19.5 Å². The maximum atomic E-state index is 14.0. The first kappa shape index (κ1) is 36.9. The highest BCUT2D eigenvalue weighted by Crippen LogP contribution is 2.54. The van der Waals surface area contributed by atoms with E-state index in [1.54, 1.807) is 24.4 Å². The molecule has 4 atom stereocenters. The summed E-state index contributed by atoms with van der Waals surface area (Å²) in [6.45, 7) is 6.85. The molecule has 0 spiro atoms. The first-order valence-corrected chi connectivity index (χ1v) is 19.1. The first-order chi connectivity index (χ1) is 24.0. The highest BCUT2D eigenvalue weighted by atomic mass is 35.5. The number of aliphatic imine (C=N–C) groups is 1. The quantitative estimate of drug-likeness (QED) is 0.297. The Balaban J connectivity index is 1.27. The number of hydrogen-bond donors (Lipinski definition) is 1. The van der Waals surface area contributed by atoms with Crippen molar-refractivity contribution >= 4 is 58.1 Å². The Morgan fingerprint density at radius 3 is 2.24 bits per heavy atom. The van der Waals surface area contributed by atoms with E-state index in [0.29, 0.717) is 55.1 Å². The summed E-state index contributed by atoms with van der Waals surface area (Å²) in [5, 5.41) is 14.8. The van der Waals surface area contributed by atoms with Crippen LogP contribution in [0.25, 0.3) is 0 Å². The number of aryl methyl sites for hydroxylation is 1. The number of esters is 2. The number of halogens is 2. The van der Waals surface area contributed by atoms with Crippen LogP contribution >= 0.6 is 34.5 Å². The van der Waals surface area contributed by atoms with Crippen molar-refractivity contribution in [3.8, 4) is 0 Å². The molecule has 10 nitrogen and oxygen atoms in total. The van der Waals surface area contributed by atoms with E-state index < -0.39 is 29.4 Å². The number of nitrogens with zero attached hydrogens (tertiary/aromatic N) is 4. The minimum atomic E-state index is -1.03. The highest BCUT2D eigenvalue weighted by Gasteiger charge is 2.55. The second kappa shape index (κ2) is 15.4. The summed E-state index contributed by atoms with van der Waals surface area (Å²) in [6, 6.07) is 5.39. The molecule has 2 saturated carbocycles. The van der Waals surface area contributed by atoms with E-state index in [9.17, 15) is 19.5 Å². The van der Waals surface area contributed by atoms with E-state index in [-0.39, 0.29) is 39.6 Å². The summed E-state index contributed by atoms with van der Waals surface area (Å²) in [5.74, 6) is -2.64. The fraction of sp³-hybridized carbons (Fsp3) is 0.595. The number of benzene rings is 1. The Bertz CT molecular complexity index is 1620. The van der Waals surface area contributed by atoms with Gasteiger partial charge in [-0.1, -0.05) is 43.1 Å². The molecule has 4 aliphatic rings. The predicted octanol–water partition coefficient (Wildman–Crippen LogP) is 5.95. The molecule has 1 saturated heterocycles. The Labute approximate surface area is 307 Å². The number of amides is 1. The number of fused-ring (bicyclic) bond motifs is 2. The van der Waals surface area contributed by atoms with Gasteiger partial charge in [0.1, 0.15) is 5.92 Å². The normalized spacial score (nSPS) is 28.5. The monoisotopic (exact) mass is 744 g/mol. The number of carbonyl (C=O) groups is 3. The topological polar surface area (TPSA) is 122 Å². The number of piperazine rings is 1. The van der Waals surface area contributed by atoms with E-state index in [0.717, 1.165) is 43.8 Å². The average Bonchev–Trinajstić information content (AvgIpc) is 3.67. The highest BCUT2D eigenvalue weighted by molar-refractivity contribution is 7.09. The van der Waals surface area contributed by atoms with Gasteiger partial charge in [0.05, 0.1) is 42.5 Å². The molecular weight excluding hydrogens is 699 g/mol. The van der Waals surface area contributed by atoms with Crippen LogP contribution in [0.5, 0.6) is 0 Å². The van der Waals surface area contributed by atoms with Gasteiger partial charge in [-0.3, -0.25) is 19.5 Å². The zero-order valence-electron chi connectivity index (χ0n) is 29.1. The third-order valence-corrected chi connectivity index (χ3v) is 13.1. The number of aromatic nitrogens is 1. The minimum absolute atomic E-state index is 0.0678. The molecule has 1 amide bonds. The molecule has 13 heteroatoms. The molecular formula is C37H46Cl2N4O6S. The van der Waals surface area contributed by atoms with E-state index in [1.165, 1.54) is 25.6 Å². The third kappa shape index (κ3) is 7.00. The van der Waals surface area contributed by atoms with Crippen LogP contribution in [0.1, 0.15) is 68.9 Å². The molecule has 1 aromatic carbocycles. The van der Waals surface area contributed by atoms with Crippen molar-refractivity contribution in [3.05, 3.63) is 61.7 Å². The van der Waals surface area contributed by atoms with Gasteiger partial charge >= 0.3 is 11.9 Å². The fourth-order valence-electron chi connectivity index (χ4n) is 9.07. The van der Waals surface area contributed by atoms with Gasteiger partial charge in [0.15, 0.2) is 0 Å². The molecule has 50 heavy (non-hydrogen) atoms. The van der Waals surface area contributed by atoms with E-state index in [4.69, 9.17) is 37.7 Å². The number of thiazole rings is 1. The number of aliphatic hydroxyl groups is 1. The maximum Gasteiger partial charge on any atom is 0.336 e. The van der Waals surface area contributed by atoms with Gasteiger partial charge in [0, 0.05) is 71.9 Å². The van der Waals surface area contributed by atoms with Gasteiger partial charge in [-0.15, -0.1) is 11.3 Å². The number of ether oxygens (including phenoxy) is 2. The number of hydrogen-bond acceptors (Lipinski definition) is 10. The molecule has 1 aromatic heterocycles. The largest absolute Gasteiger partial charge is 0.468 e. The van der Waals surface area contributed by atoms with Gasteiger partial charge in [0.25, 0.3) is 0 Å². The molecule has 3 heterocycles. The second-order valence-corrected chi connectivity index (χ2v) is 16.0. The van der Waals surface area contributed by atoms with Crippen molar-refractivity contribution in [1.29, 1.82) is 0 Å². The van der Waals surface area contributed by atoms with Crippen LogP contribution in [-0.4, -0.2) is 95.5 Å². The Morgan fingerprint density at radius 2 is 1.68 bits per heavy atom. The van der Waals surface area contributed by atoms with Crippen LogP contribution in [0.4, 0.5) is 0 Å². The maximum absolute atomic E-state index is 14.0. The molecule has 2 aliphatic heterocycles. The molecule has 270 valence electrons. The van der Waals surface area contributed by atoms with Crippen molar-refractivity contribution in [3.63, 3.8) is 0 Å². The average molecular weight is 746 g/mol. The molecule has 0 radical (unpaired) electrons. The number of methoxy groups -OCH3 is 2.